The van der Waals surface area contributed by atoms with E-state index in [9.17, 15) is 5.11 Å². The highest BCUT2D eigenvalue weighted by atomic mass is 32.2. The molecule has 1 saturated carbocycles. The third-order valence-corrected chi connectivity index (χ3v) is 4.72. The molecule has 88 valence electrons. The molecule has 1 atom stereocenters. The molecule has 0 saturated heterocycles. The van der Waals surface area contributed by atoms with Crippen LogP contribution in [0.3, 0.4) is 0 Å². The van der Waals surface area contributed by atoms with Gasteiger partial charge in [0.25, 0.3) is 0 Å². The Morgan fingerprint density at radius 2 is 2.00 bits per heavy atom. The molecule has 1 aromatic carbocycles. The van der Waals surface area contributed by atoms with Crippen molar-refractivity contribution in [3.63, 3.8) is 0 Å². The topological polar surface area (TPSA) is 20.2 Å². The second kappa shape index (κ2) is 5.74. The lowest BCUT2D eigenvalue weighted by Crippen LogP contribution is -2.20. The van der Waals surface area contributed by atoms with Gasteiger partial charge in [0.2, 0.25) is 0 Å². The quantitative estimate of drug-likeness (QED) is 0.805. The number of hydrogen-bond donors (Lipinski definition) is 1. The Hall–Kier alpha value is -0.470. The average molecular weight is 236 g/mol. The van der Waals surface area contributed by atoms with Crippen LogP contribution >= 0.6 is 11.8 Å². The Bertz CT molecular complexity index is 331. The predicted molar refractivity (Wildman–Crippen MR) is 69.9 cm³/mol. The first-order chi connectivity index (χ1) is 7.77. The fourth-order valence-electron chi connectivity index (χ4n) is 2.37. The van der Waals surface area contributed by atoms with Crippen LogP contribution in [0.15, 0.2) is 29.2 Å². The van der Waals surface area contributed by atoms with Crippen LogP contribution in [0.25, 0.3) is 0 Å². The first kappa shape index (κ1) is 12.0. The number of aliphatic hydroxyl groups excluding tert-OH is 1. The number of hydrogen-bond acceptors (Lipinski definition) is 2. The van der Waals surface area contributed by atoms with Crippen molar-refractivity contribution in [2.45, 2.75) is 43.6 Å². The molecule has 0 spiro atoms. The van der Waals surface area contributed by atoms with Crippen molar-refractivity contribution in [3.05, 3.63) is 29.8 Å². The van der Waals surface area contributed by atoms with Gasteiger partial charge in [0, 0.05) is 10.6 Å². The van der Waals surface area contributed by atoms with Crippen LogP contribution in [0.2, 0.25) is 0 Å². The lowest BCUT2D eigenvalue weighted by atomic mass is 10.0. The summed E-state index contributed by atoms with van der Waals surface area (Å²) in [5, 5.41) is 10.1. The van der Waals surface area contributed by atoms with Crippen LogP contribution in [0.1, 0.15) is 31.2 Å². The van der Waals surface area contributed by atoms with Crippen LogP contribution in [0, 0.1) is 12.8 Å². The Morgan fingerprint density at radius 1 is 1.31 bits per heavy atom. The Morgan fingerprint density at radius 3 is 2.69 bits per heavy atom. The van der Waals surface area contributed by atoms with E-state index in [1.165, 1.54) is 36.1 Å². The van der Waals surface area contributed by atoms with Gasteiger partial charge >= 0.3 is 0 Å². The van der Waals surface area contributed by atoms with Crippen LogP contribution < -0.4 is 0 Å². The summed E-state index contributed by atoms with van der Waals surface area (Å²) in [4.78, 5) is 1.31. The number of aryl methyl sites for hydroxylation is 1. The molecule has 0 amide bonds. The molecule has 1 nitrogen and oxygen atoms in total. The van der Waals surface area contributed by atoms with Crippen LogP contribution in [-0.2, 0) is 0 Å². The van der Waals surface area contributed by atoms with Crippen molar-refractivity contribution in [2.75, 3.05) is 5.75 Å². The zero-order chi connectivity index (χ0) is 11.4. The highest BCUT2D eigenvalue weighted by Gasteiger charge is 2.23. The van der Waals surface area contributed by atoms with Crippen molar-refractivity contribution in [3.8, 4) is 0 Å². The highest BCUT2D eigenvalue weighted by molar-refractivity contribution is 7.99. The maximum Gasteiger partial charge on any atom is 0.0662 e. The van der Waals surface area contributed by atoms with Gasteiger partial charge in [-0.15, -0.1) is 11.8 Å². The molecule has 1 fully saturated rings. The van der Waals surface area contributed by atoms with Gasteiger partial charge < -0.3 is 5.11 Å². The molecule has 16 heavy (non-hydrogen) atoms. The molecule has 0 aliphatic heterocycles. The largest absolute Gasteiger partial charge is 0.392 e. The summed E-state index contributed by atoms with van der Waals surface area (Å²) in [7, 11) is 0. The first-order valence-electron chi connectivity index (χ1n) is 6.14. The monoisotopic (exact) mass is 236 g/mol. The lowest BCUT2D eigenvalue weighted by molar-refractivity contribution is 0.133. The standard InChI is InChI=1S/C14H20OS/c1-11-6-2-5-9-14(11)16-10-13(15)12-7-3-4-8-12/h2,5-6,9,12-13,15H,3-4,7-8,10H2,1H3. The zero-order valence-electron chi connectivity index (χ0n) is 9.86. The van der Waals surface area contributed by atoms with Gasteiger partial charge in [-0.05, 0) is 37.3 Å². The average Bonchev–Trinajstić information content (AvgIpc) is 2.81. The van der Waals surface area contributed by atoms with Crippen molar-refractivity contribution in [2.24, 2.45) is 5.92 Å². The fourth-order valence-corrected chi connectivity index (χ4v) is 3.46. The number of thioether (sulfide) groups is 1. The van der Waals surface area contributed by atoms with Crippen LogP contribution in [0.4, 0.5) is 0 Å². The van der Waals surface area contributed by atoms with Crippen molar-refractivity contribution in [1.29, 1.82) is 0 Å². The number of rotatable bonds is 4. The molecule has 1 aliphatic rings. The van der Waals surface area contributed by atoms with Gasteiger partial charge in [-0.3, -0.25) is 0 Å². The molecule has 0 radical (unpaired) electrons. The Balaban J connectivity index is 1.84. The van der Waals surface area contributed by atoms with Gasteiger partial charge in [0.05, 0.1) is 6.10 Å². The van der Waals surface area contributed by atoms with Gasteiger partial charge in [0.15, 0.2) is 0 Å². The molecular formula is C14H20OS. The molecule has 2 rings (SSSR count). The summed E-state index contributed by atoms with van der Waals surface area (Å²) in [5.41, 5.74) is 1.31. The Kier molecular flexibility index (Phi) is 4.30. The van der Waals surface area contributed by atoms with E-state index in [4.69, 9.17) is 0 Å². The van der Waals surface area contributed by atoms with Gasteiger partial charge in [-0.2, -0.15) is 0 Å². The minimum absolute atomic E-state index is 0.118. The van der Waals surface area contributed by atoms with Crippen LogP contribution in [-0.4, -0.2) is 17.0 Å². The minimum atomic E-state index is -0.118. The van der Waals surface area contributed by atoms with E-state index in [0.29, 0.717) is 5.92 Å². The smallest absolute Gasteiger partial charge is 0.0662 e. The van der Waals surface area contributed by atoms with E-state index in [0.717, 1.165) is 5.75 Å². The van der Waals surface area contributed by atoms with Gasteiger partial charge in [-0.1, -0.05) is 31.0 Å². The summed E-state index contributed by atoms with van der Waals surface area (Å²) >= 11 is 1.79. The second-order valence-corrected chi connectivity index (χ2v) is 5.75. The van der Waals surface area contributed by atoms with E-state index in [2.05, 4.69) is 31.2 Å². The molecule has 0 aromatic heterocycles. The third kappa shape index (κ3) is 3.02. The van der Waals surface area contributed by atoms with Crippen molar-refractivity contribution in [1.82, 2.24) is 0 Å². The van der Waals surface area contributed by atoms with E-state index < -0.39 is 0 Å². The second-order valence-electron chi connectivity index (χ2n) is 4.69. The maximum atomic E-state index is 10.1. The predicted octanol–water partition coefficient (Wildman–Crippen LogP) is 3.64. The summed E-state index contributed by atoms with van der Waals surface area (Å²) in [6.45, 7) is 2.13. The molecule has 1 aromatic rings. The fraction of sp³-hybridized carbons (Fsp3) is 0.571. The van der Waals surface area contributed by atoms with Gasteiger partial charge in [-0.25, -0.2) is 0 Å². The normalized spacial score (nSPS) is 18.9. The zero-order valence-corrected chi connectivity index (χ0v) is 10.7. The number of aliphatic hydroxyl groups is 1. The Labute approximate surface area is 102 Å². The minimum Gasteiger partial charge on any atom is -0.392 e. The summed E-state index contributed by atoms with van der Waals surface area (Å²) in [6.07, 6.45) is 4.92. The molecular weight excluding hydrogens is 216 g/mol. The lowest BCUT2D eigenvalue weighted by Gasteiger charge is -2.17. The summed E-state index contributed by atoms with van der Waals surface area (Å²) in [6, 6.07) is 8.40. The van der Waals surface area contributed by atoms with Crippen LogP contribution in [0.5, 0.6) is 0 Å². The van der Waals surface area contributed by atoms with Crippen molar-refractivity contribution >= 4 is 11.8 Å². The molecule has 1 N–H and O–H groups in total. The molecule has 1 aliphatic carbocycles. The van der Waals surface area contributed by atoms with E-state index in [-0.39, 0.29) is 6.10 Å². The third-order valence-electron chi connectivity index (χ3n) is 3.45. The molecule has 0 bridgehead atoms. The molecule has 0 heterocycles. The maximum absolute atomic E-state index is 10.1. The SMILES string of the molecule is Cc1ccccc1SCC(O)C1CCCC1. The number of benzene rings is 1. The van der Waals surface area contributed by atoms with E-state index >= 15 is 0 Å². The first-order valence-corrected chi connectivity index (χ1v) is 7.12. The highest BCUT2D eigenvalue weighted by Crippen LogP contribution is 2.31. The van der Waals surface area contributed by atoms with E-state index in [1.807, 2.05) is 0 Å². The summed E-state index contributed by atoms with van der Waals surface area (Å²) < 4.78 is 0. The van der Waals surface area contributed by atoms with Crippen molar-refractivity contribution < 1.29 is 5.11 Å². The molecule has 1 unspecified atom stereocenters. The molecule has 2 heteroatoms. The van der Waals surface area contributed by atoms with E-state index in [1.54, 1.807) is 11.8 Å². The van der Waals surface area contributed by atoms with Gasteiger partial charge in [0.1, 0.15) is 0 Å². The summed E-state index contributed by atoms with van der Waals surface area (Å²) in [5.74, 6) is 1.40.